The fourth-order valence-electron chi connectivity index (χ4n) is 3.12. The van der Waals surface area contributed by atoms with Crippen molar-refractivity contribution in [1.82, 2.24) is 14.5 Å². The molecule has 0 aliphatic carbocycles. The van der Waals surface area contributed by atoms with Crippen molar-refractivity contribution in [2.45, 2.75) is 26.3 Å². The van der Waals surface area contributed by atoms with E-state index in [2.05, 4.69) is 21.5 Å². The van der Waals surface area contributed by atoms with E-state index in [1.807, 2.05) is 13.0 Å². The molecular weight excluding hydrogens is 266 g/mol. The summed E-state index contributed by atoms with van der Waals surface area (Å²) in [5, 5.41) is 9.07. The highest BCUT2D eigenvalue weighted by atomic mass is 16.4. The van der Waals surface area contributed by atoms with E-state index >= 15 is 0 Å². The molecule has 5 heteroatoms. The lowest BCUT2D eigenvalue weighted by molar-refractivity contribution is 0.0697. The molecule has 0 amide bonds. The summed E-state index contributed by atoms with van der Waals surface area (Å²) < 4.78 is 2.23. The third-order valence-corrected chi connectivity index (χ3v) is 4.46. The van der Waals surface area contributed by atoms with Crippen LogP contribution in [0.3, 0.4) is 0 Å². The Labute approximate surface area is 124 Å². The predicted octanol–water partition coefficient (Wildman–Crippen LogP) is 2.38. The number of rotatable bonds is 3. The third kappa shape index (κ3) is 2.78. The van der Waals surface area contributed by atoms with Crippen LogP contribution in [0.4, 0.5) is 0 Å². The number of likely N-dealkylation sites (tertiary alicyclic amines) is 1. The van der Waals surface area contributed by atoms with Crippen LogP contribution in [-0.4, -0.2) is 45.7 Å². The number of benzene rings is 1. The smallest absolute Gasteiger partial charge is 0.335 e. The number of carboxylic acids is 1. The summed E-state index contributed by atoms with van der Waals surface area (Å²) in [7, 11) is 2.17. The Balaban J connectivity index is 1.88. The summed E-state index contributed by atoms with van der Waals surface area (Å²) in [6, 6.07) is 5.21. The number of piperidine rings is 1. The molecule has 0 atom stereocenters. The minimum absolute atomic E-state index is 0.298. The number of aromatic carboxylic acids is 1. The molecule has 1 fully saturated rings. The SMILES string of the molecule is Cc1nc2cc(C(=O)O)ccc2n1CC1CCN(C)CC1. The second-order valence-corrected chi connectivity index (χ2v) is 6.02. The monoisotopic (exact) mass is 287 g/mol. The van der Waals surface area contributed by atoms with Crippen LogP contribution < -0.4 is 0 Å². The van der Waals surface area contributed by atoms with E-state index in [4.69, 9.17) is 5.11 Å². The molecule has 1 N–H and O–H groups in total. The maximum atomic E-state index is 11.0. The van der Waals surface area contributed by atoms with E-state index in [0.717, 1.165) is 36.5 Å². The highest BCUT2D eigenvalue weighted by Gasteiger charge is 2.19. The van der Waals surface area contributed by atoms with E-state index < -0.39 is 5.97 Å². The minimum atomic E-state index is -0.903. The molecule has 2 heterocycles. The number of hydrogen-bond acceptors (Lipinski definition) is 3. The van der Waals surface area contributed by atoms with Gasteiger partial charge < -0.3 is 14.6 Å². The van der Waals surface area contributed by atoms with Gasteiger partial charge in [-0.25, -0.2) is 9.78 Å². The maximum Gasteiger partial charge on any atom is 0.335 e. The van der Waals surface area contributed by atoms with Gasteiger partial charge in [-0.3, -0.25) is 0 Å². The second kappa shape index (κ2) is 5.48. The lowest BCUT2D eigenvalue weighted by atomic mass is 9.97. The Hall–Kier alpha value is -1.88. The number of hydrogen-bond donors (Lipinski definition) is 1. The zero-order valence-corrected chi connectivity index (χ0v) is 12.5. The summed E-state index contributed by atoms with van der Waals surface area (Å²) in [5.41, 5.74) is 2.11. The second-order valence-electron chi connectivity index (χ2n) is 6.02. The first-order valence-electron chi connectivity index (χ1n) is 7.43. The van der Waals surface area contributed by atoms with Gasteiger partial charge in [0, 0.05) is 6.54 Å². The van der Waals surface area contributed by atoms with Crippen LogP contribution in [0.25, 0.3) is 11.0 Å². The Bertz CT molecular complexity index is 669. The maximum absolute atomic E-state index is 11.0. The van der Waals surface area contributed by atoms with E-state index in [1.54, 1.807) is 12.1 Å². The van der Waals surface area contributed by atoms with Crippen molar-refractivity contribution in [1.29, 1.82) is 0 Å². The van der Waals surface area contributed by atoms with Gasteiger partial charge in [-0.1, -0.05) is 0 Å². The van der Waals surface area contributed by atoms with Crippen LogP contribution >= 0.6 is 0 Å². The lowest BCUT2D eigenvalue weighted by Gasteiger charge is -2.29. The van der Waals surface area contributed by atoms with Gasteiger partial charge in [0.2, 0.25) is 0 Å². The van der Waals surface area contributed by atoms with Crippen LogP contribution in [0.1, 0.15) is 29.0 Å². The molecule has 1 aromatic heterocycles. The molecule has 1 aliphatic rings. The normalized spacial score (nSPS) is 17.4. The number of carbonyl (C=O) groups is 1. The van der Waals surface area contributed by atoms with Gasteiger partial charge in [0.15, 0.2) is 0 Å². The molecule has 21 heavy (non-hydrogen) atoms. The predicted molar refractivity (Wildman–Crippen MR) is 81.7 cm³/mol. The van der Waals surface area contributed by atoms with Crippen molar-refractivity contribution in [2.75, 3.05) is 20.1 Å². The van der Waals surface area contributed by atoms with Crippen molar-refractivity contribution < 1.29 is 9.90 Å². The van der Waals surface area contributed by atoms with Crippen LogP contribution in [0.2, 0.25) is 0 Å². The molecule has 5 nitrogen and oxygen atoms in total. The van der Waals surface area contributed by atoms with Gasteiger partial charge in [-0.05, 0) is 64.0 Å². The lowest BCUT2D eigenvalue weighted by Crippen LogP contribution is -2.32. The first-order chi connectivity index (χ1) is 10.0. The first-order valence-corrected chi connectivity index (χ1v) is 7.43. The molecule has 0 saturated carbocycles. The Morgan fingerprint density at radius 3 is 2.76 bits per heavy atom. The third-order valence-electron chi connectivity index (χ3n) is 4.46. The van der Waals surface area contributed by atoms with Crippen LogP contribution in [-0.2, 0) is 6.54 Å². The van der Waals surface area contributed by atoms with Crippen molar-refractivity contribution in [2.24, 2.45) is 5.92 Å². The standard InChI is InChI=1S/C16H21N3O2/c1-11-17-14-9-13(16(20)21)3-4-15(14)19(11)10-12-5-7-18(2)8-6-12/h3-4,9,12H,5-8,10H2,1-2H3,(H,20,21). The molecule has 0 radical (unpaired) electrons. The summed E-state index contributed by atoms with van der Waals surface area (Å²) in [6.07, 6.45) is 2.42. The van der Waals surface area contributed by atoms with Crippen molar-refractivity contribution in [3.05, 3.63) is 29.6 Å². The van der Waals surface area contributed by atoms with Gasteiger partial charge in [0.1, 0.15) is 5.82 Å². The molecule has 0 unspecified atom stereocenters. The zero-order valence-electron chi connectivity index (χ0n) is 12.5. The van der Waals surface area contributed by atoms with Gasteiger partial charge >= 0.3 is 5.97 Å². The van der Waals surface area contributed by atoms with Crippen molar-refractivity contribution >= 4 is 17.0 Å². The molecule has 3 rings (SSSR count). The minimum Gasteiger partial charge on any atom is -0.478 e. The summed E-state index contributed by atoms with van der Waals surface area (Å²) in [4.78, 5) is 17.9. The zero-order chi connectivity index (χ0) is 15.0. The topological polar surface area (TPSA) is 58.4 Å². The van der Waals surface area contributed by atoms with Crippen molar-refractivity contribution in [3.8, 4) is 0 Å². The number of aromatic nitrogens is 2. The number of fused-ring (bicyclic) bond motifs is 1. The van der Waals surface area contributed by atoms with E-state index in [0.29, 0.717) is 11.5 Å². The van der Waals surface area contributed by atoms with Gasteiger partial charge in [0.05, 0.1) is 16.6 Å². The van der Waals surface area contributed by atoms with Gasteiger partial charge in [0.25, 0.3) is 0 Å². The summed E-state index contributed by atoms with van der Waals surface area (Å²) in [6.45, 7) is 5.27. The van der Waals surface area contributed by atoms with Crippen LogP contribution in [0.15, 0.2) is 18.2 Å². The number of nitrogens with zero attached hydrogens (tertiary/aromatic N) is 3. The molecule has 1 aromatic carbocycles. The Kier molecular flexibility index (Phi) is 3.68. The fourth-order valence-corrected chi connectivity index (χ4v) is 3.12. The molecule has 1 saturated heterocycles. The number of carboxylic acid groups (broad SMARTS) is 1. The molecular formula is C16H21N3O2. The number of imidazole rings is 1. The Morgan fingerprint density at radius 1 is 1.38 bits per heavy atom. The molecule has 0 spiro atoms. The fraction of sp³-hybridized carbons (Fsp3) is 0.500. The highest BCUT2D eigenvalue weighted by molar-refractivity contribution is 5.92. The van der Waals surface area contributed by atoms with E-state index in [-0.39, 0.29) is 0 Å². The number of aryl methyl sites for hydroxylation is 1. The summed E-state index contributed by atoms with van der Waals surface area (Å²) in [5.74, 6) is 0.738. The van der Waals surface area contributed by atoms with Gasteiger partial charge in [-0.2, -0.15) is 0 Å². The largest absolute Gasteiger partial charge is 0.478 e. The molecule has 2 aromatic rings. The quantitative estimate of drug-likeness (QED) is 0.941. The highest BCUT2D eigenvalue weighted by Crippen LogP contribution is 2.23. The molecule has 1 aliphatic heterocycles. The average molecular weight is 287 g/mol. The van der Waals surface area contributed by atoms with Gasteiger partial charge in [-0.15, -0.1) is 0 Å². The Morgan fingerprint density at radius 2 is 2.10 bits per heavy atom. The van der Waals surface area contributed by atoms with Crippen LogP contribution in [0.5, 0.6) is 0 Å². The molecule has 0 bridgehead atoms. The first kappa shape index (κ1) is 14.1. The van der Waals surface area contributed by atoms with Crippen LogP contribution in [0, 0.1) is 12.8 Å². The molecule has 112 valence electrons. The van der Waals surface area contributed by atoms with E-state index in [9.17, 15) is 4.79 Å². The average Bonchev–Trinajstić information content (AvgIpc) is 2.76. The van der Waals surface area contributed by atoms with Crippen molar-refractivity contribution in [3.63, 3.8) is 0 Å². The summed E-state index contributed by atoms with van der Waals surface area (Å²) >= 11 is 0. The van der Waals surface area contributed by atoms with E-state index in [1.165, 1.54) is 12.8 Å².